The second-order valence-electron chi connectivity index (χ2n) is 8.07. The number of aromatic amines is 1. The Morgan fingerprint density at radius 3 is 2.83 bits per heavy atom. The molecule has 1 saturated carbocycles. The van der Waals surface area contributed by atoms with Crippen LogP contribution in [0, 0.1) is 5.92 Å². The summed E-state index contributed by atoms with van der Waals surface area (Å²) in [5.41, 5.74) is 4.94. The Morgan fingerprint density at radius 2 is 1.93 bits per heavy atom. The topological polar surface area (TPSA) is 63.6 Å². The number of aromatic nitrogens is 4. The molecule has 0 spiro atoms. The van der Waals surface area contributed by atoms with E-state index in [1.54, 1.807) is 6.20 Å². The lowest BCUT2D eigenvalue weighted by Crippen LogP contribution is -2.04. The van der Waals surface area contributed by atoms with Gasteiger partial charge in [0.15, 0.2) is 5.78 Å². The maximum Gasteiger partial charge on any atom is 0.188 e. The summed E-state index contributed by atoms with van der Waals surface area (Å²) in [7, 11) is 0. The number of ketones is 1. The normalized spacial score (nSPS) is 13.8. The largest absolute Gasteiger partial charge is 0.292 e. The van der Waals surface area contributed by atoms with Gasteiger partial charge in [-0.2, -0.15) is 10.2 Å². The highest BCUT2D eigenvalue weighted by molar-refractivity contribution is 6.06. The predicted molar refractivity (Wildman–Crippen MR) is 113 cm³/mol. The molecule has 0 unspecified atom stereocenters. The van der Waals surface area contributed by atoms with Crippen molar-refractivity contribution >= 4 is 16.7 Å². The van der Waals surface area contributed by atoms with E-state index in [-0.39, 0.29) is 5.78 Å². The molecule has 0 aliphatic heterocycles. The number of para-hydroxylation sites is 1. The van der Waals surface area contributed by atoms with Crippen LogP contribution >= 0.6 is 0 Å². The van der Waals surface area contributed by atoms with Crippen LogP contribution < -0.4 is 0 Å². The van der Waals surface area contributed by atoms with Crippen LogP contribution in [0.2, 0.25) is 0 Å². The van der Waals surface area contributed by atoms with E-state index < -0.39 is 0 Å². The number of hydrogen-bond donors (Lipinski definition) is 1. The van der Waals surface area contributed by atoms with Crippen molar-refractivity contribution in [3.63, 3.8) is 0 Å². The lowest BCUT2D eigenvalue weighted by atomic mass is 10.0. The molecule has 4 aromatic rings. The third-order valence-corrected chi connectivity index (χ3v) is 5.66. The zero-order valence-electron chi connectivity index (χ0n) is 16.3. The number of rotatable bonds is 8. The molecule has 2 heterocycles. The fraction of sp³-hybridized carbons (Fsp3) is 0.292. The standard InChI is InChI=1S/C24H24N4O/c29-23(24-21-6-1-2-7-22(21)26-27-24)13-20-14-25-28(16-20)15-19-5-3-4-18(12-19)11-10-17-8-9-17/h1-7,12,14,16-17H,8-11,13,15H2,(H,26,27). The molecular weight excluding hydrogens is 360 g/mol. The van der Waals surface area contributed by atoms with Crippen molar-refractivity contribution in [1.82, 2.24) is 20.0 Å². The second-order valence-corrected chi connectivity index (χ2v) is 8.07. The maximum absolute atomic E-state index is 12.7. The van der Waals surface area contributed by atoms with Crippen LogP contribution in [0.15, 0.2) is 60.9 Å². The molecule has 1 aliphatic rings. The zero-order chi connectivity index (χ0) is 19.6. The van der Waals surface area contributed by atoms with Gasteiger partial charge in [-0.05, 0) is 41.5 Å². The summed E-state index contributed by atoms with van der Waals surface area (Å²) in [4.78, 5) is 12.7. The molecule has 146 valence electrons. The van der Waals surface area contributed by atoms with Gasteiger partial charge in [-0.25, -0.2) is 0 Å². The van der Waals surface area contributed by atoms with Crippen LogP contribution in [0.4, 0.5) is 0 Å². The molecule has 0 atom stereocenters. The Labute approximate surface area is 169 Å². The SMILES string of the molecule is O=C(Cc1cnn(Cc2cccc(CCC3CC3)c2)c1)c1n[nH]c2ccccc12. The van der Waals surface area contributed by atoms with Crippen molar-refractivity contribution in [2.75, 3.05) is 0 Å². The molecule has 0 amide bonds. The molecule has 0 bridgehead atoms. The first-order valence-corrected chi connectivity index (χ1v) is 10.3. The first-order chi connectivity index (χ1) is 14.2. The molecule has 0 radical (unpaired) electrons. The summed E-state index contributed by atoms with van der Waals surface area (Å²) in [5.74, 6) is 0.959. The minimum atomic E-state index is 0.00377. The number of aryl methyl sites for hydroxylation is 1. The van der Waals surface area contributed by atoms with Gasteiger partial charge < -0.3 is 0 Å². The molecule has 1 fully saturated rings. The summed E-state index contributed by atoms with van der Waals surface area (Å²) in [5, 5.41) is 12.5. The maximum atomic E-state index is 12.7. The quantitative estimate of drug-likeness (QED) is 0.453. The number of carbonyl (C=O) groups excluding carboxylic acids is 1. The lowest BCUT2D eigenvalue weighted by Gasteiger charge is -2.05. The van der Waals surface area contributed by atoms with Crippen LogP contribution in [-0.4, -0.2) is 25.8 Å². The number of hydrogen-bond acceptors (Lipinski definition) is 3. The third-order valence-electron chi connectivity index (χ3n) is 5.66. The van der Waals surface area contributed by atoms with Crippen molar-refractivity contribution in [3.8, 4) is 0 Å². The van der Waals surface area contributed by atoms with Gasteiger partial charge in [-0.3, -0.25) is 14.6 Å². The summed E-state index contributed by atoms with van der Waals surface area (Å²) in [6.07, 6.45) is 9.32. The molecule has 5 nitrogen and oxygen atoms in total. The number of nitrogens with one attached hydrogen (secondary N) is 1. The molecule has 29 heavy (non-hydrogen) atoms. The van der Waals surface area contributed by atoms with E-state index in [2.05, 4.69) is 39.6 Å². The average molecular weight is 384 g/mol. The predicted octanol–water partition coefficient (Wildman–Crippen LogP) is 4.58. The first-order valence-electron chi connectivity index (χ1n) is 10.3. The van der Waals surface area contributed by atoms with E-state index in [0.29, 0.717) is 12.1 Å². The molecule has 5 rings (SSSR count). The van der Waals surface area contributed by atoms with Crippen molar-refractivity contribution < 1.29 is 4.79 Å². The monoisotopic (exact) mass is 384 g/mol. The Morgan fingerprint density at radius 1 is 1.07 bits per heavy atom. The first kappa shape index (κ1) is 17.9. The molecule has 2 aromatic heterocycles. The number of nitrogens with zero attached hydrogens (tertiary/aromatic N) is 3. The van der Waals surface area contributed by atoms with E-state index in [4.69, 9.17) is 0 Å². The van der Waals surface area contributed by atoms with Crippen molar-refractivity contribution in [3.05, 3.63) is 83.3 Å². The lowest BCUT2D eigenvalue weighted by molar-refractivity contribution is 0.0989. The molecule has 1 aliphatic carbocycles. The molecule has 1 N–H and O–H groups in total. The minimum absolute atomic E-state index is 0.00377. The van der Waals surface area contributed by atoms with E-state index in [1.807, 2.05) is 35.1 Å². The molecule has 5 heteroatoms. The van der Waals surface area contributed by atoms with Gasteiger partial charge in [0.05, 0.1) is 18.3 Å². The van der Waals surface area contributed by atoms with Gasteiger partial charge in [0.1, 0.15) is 5.69 Å². The van der Waals surface area contributed by atoms with E-state index in [1.165, 1.54) is 30.4 Å². The second kappa shape index (κ2) is 7.66. The van der Waals surface area contributed by atoms with Gasteiger partial charge in [0.25, 0.3) is 0 Å². The Kier molecular flexibility index (Phi) is 4.72. The summed E-state index contributed by atoms with van der Waals surface area (Å²) >= 11 is 0. The Balaban J connectivity index is 1.25. The van der Waals surface area contributed by atoms with Gasteiger partial charge in [0, 0.05) is 18.0 Å². The van der Waals surface area contributed by atoms with Gasteiger partial charge in [0.2, 0.25) is 0 Å². The highest BCUT2D eigenvalue weighted by atomic mass is 16.1. The summed E-state index contributed by atoms with van der Waals surface area (Å²) in [6.45, 7) is 0.719. The van der Waals surface area contributed by atoms with E-state index in [0.717, 1.165) is 35.3 Å². The van der Waals surface area contributed by atoms with Crippen LogP contribution in [0.5, 0.6) is 0 Å². The molecule has 2 aromatic carbocycles. The summed E-state index contributed by atoms with van der Waals surface area (Å²) in [6, 6.07) is 16.5. The fourth-order valence-electron chi connectivity index (χ4n) is 3.88. The smallest absolute Gasteiger partial charge is 0.188 e. The molecular formula is C24H24N4O. The average Bonchev–Trinajstić information content (AvgIpc) is 3.30. The number of carbonyl (C=O) groups is 1. The fourth-order valence-corrected chi connectivity index (χ4v) is 3.88. The Hall–Kier alpha value is -3.21. The number of Topliss-reactive ketones (excluding diaryl/α,β-unsaturated/α-hetero) is 1. The number of fused-ring (bicyclic) bond motifs is 1. The van der Waals surface area contributed by atoms with Crippen LogP contribution in [0.25, 0.3) is 10.9 Å². The zero-order valence-corrected chi connectivity index (χ0v) is 16.3. The van der Waals surface area contributed by atoms with Gasteiger partial charge in [-0.15, -0.1) is 0 Å². The third kappa shape index (κ3) is 4.14. The Bertz CT molecular complexity index is 1150. The van der Waals surface area contributed by atoms with Gasteiger partial charge >= 0.3 is 0 Å². The minimum Gasteiger partial charge on any atom is -0.292 e. The van der Waals surface area contributed by atoms with Crippen molar-refractivity contribution in [2.45, 2.75) is 38.6 Å². The van der Waals surface area contributed by atoms with Crippen LogP contribution in [0.1, 0.15) is 46.4 Å². The van der Waals surface area contributed by atoms with Crippen LogP contribution in [0.3, 0.4) is 0 Å². The van der Waals surface area contributed by atoms with Crippen LogP contribution in [-0.2, 0) is 19.4 Å². The number of H-pyrrole nitrogens is 1. The van der Waals surface area contributed by atoms with Crippen molar-refractivity contribution in [1.29, 1.82) is 0 Å². The van der Waals surface area contributed by atoms with Gasteiger partial charge in [-0.1, -0.05) is 55.3 Å². The highest BCUT2D eigenvalue weighted by Gasteiger charge is 2.20. The number of benzene rings is 2. The van der Waals surface area contributed by atoms with E-state index >= 15 is 0 Å². The van der Waals surface area contributed by atoms with E-state index in [9.17, 15) is 4.79 Å². The molecule has 0 saturated heterocycles. The van der Waals surface area contributed by atoms with Crippen molar-refractivity contribution in [2.24, 2.45) is 5.92 Å². The highest BCUT2D eigenvalue weighted by Crippen LogP contribution is 2.33. The summed E-state index contributed by atoms with van der Waals surface area (Å²) < 4.78 is 1.91.